The molecule has 106 valence electrons. The van der Waals surface area contributed by atoms with E-state index in [0.29, 0.717) is 0 Å². The number of aryl methyl sites for hydroxylation is 1. The molecule has 0 aliphatic rings. The number of benzene rings is 1. The minimum atomic E-state index is -1.16. The Hall–Kier alpha value is -1.72. The van der Waals surface area contributed by atoms with Gasteiger partial charge < -0.3 is 10.4 Å². The molecule has 0 fully saturated rings. The van der Waals surface area contributed by atoms with Crippen LogP contribution in [0.3, 0.4) is 0 Å². The summed E-state index contributed by atoms with van der Waals surface area (Å²) in [6, 6.07) is 7.99. The maximum Gasteiger partial charge on any atom is 0.254 e. The number of hydrogen-bond acceptors (Lipinski definition) is 3. The second kappa shape index (κ2) is 5.73. The SMILES string of the molecule is Cc1ccc(F)c(C(=O)NCC(C)(O)c2cccs2)c1. The summed E-state index contributed by atoms with van der Waals surface area (Å²) < 4.78 is 13.6. The van der Waals surface area contributed by atoms with Gasteiger partial charge in [-0.05, 0) is 37.4 Å². The topological polar surface area (TPSA) is 49.3 Å². The van der Waals surface area contributed by atoms with Gasteiger partial charge in [-0.15, -0.1) is 11.3 Å². The Morgan fingerprint density at radius 3 is 2.85 bits per heavy atom. The first-order chi connectivity index (χ1) is 9.40. The van der Waals surface area contributed by atoms with Crippen LogP contribution < -0.4 is 5.32 Å². The van der Waals surface area contributed by atoms with E-state index in [1.165, 1.54) is 23.5 Å². The number of carbonyl (C=O) groups excluding carboxylic acids is 1. The largest absolute Gasteiger partial charge is 0.383 e. The number of nitrogens with one attached hydrogen (secondary N) is 1. The minimum absolute atomic E-state index is 0.00743. The molecule has 5 heteroatoms. The van der Waals surface area contributed by atoms with Crippen LogP contribution in [0.1, 0.15) is 27.7 Å². The molecule has 1 atom stereocenters. The van der Waals surface area contributed by atoms with Crippen LogP contribution in [0.5, 0.6) is 0 Å². The van der Waals surface area contributed by atoms with E-state index in [1.807, 2.05) is 11.4 Å². The molecule has 1 aromatic carbocycles. The first kappa shape index (κ1) is 14.7. The smallest absolute Gasteiger partial charge is 0.254 e. The zero-order valence-electron chi connectivity index (χ0n) is 11.3. The molecule has 2 N–H and O–H groups in total. The lowest BCUT2D eigenvalue weighted by atomic mass is 10.0. The van der Waals surface area contributed by atoms with E-state index in [1.54, 1.807) is 26.0 Å². The number of amides is 1. The van der Waals surface area contributed by atoms with Crippen LogP contribution in [-0.2, 0) is 5.60 Å². The third kappa shape index (κ3) is 3.23. The van der Waals surface area contributed by atoms with E-state index < -0.39 is 17.3 Å². The number of aliphatic hydroxyl groups is 1. The second-order valence-electron chi connectivity index (χ2n) is 4.92. The van der Waals surface area contributed by atoms with Gasteiger partial charge in [0.05, 0.1) is 12.1 Å². The number of thiophene rings is 1. The number of carbonyl (C=O) groups is 1. The summed E-state index contributed by atoms with van der Waals surface area (Å²) in [4.78, 5) is 12.7. The van der Waals surface area contributed by atoms with Crippen molar-refractivity contribution < 1.29 is 14.3 Å². The van der Waals surface area contributed by atoms with Gasteiger partial charge in [0.1, 0.15) is 11.4 Å². The van der Waals surface area contributed by atoms with Gasteiger partial charge in [0.2, 0.25) is 0 Å². The molecule has 0 spiro atoms. The van der Waals surface area contributed by atoms with Crippen LogP contribution in [0.25, 0.3) is 0 Å². The summed E-state index contributed by atoms with van der Waals surface area (Å²) in [5, 5.41) is 14.7. The first-order valence-electron chi connectivity index (χ1n) is 6.21. The summed E-state index contributed by atoms with van der Waals surface area (Å²) in [6.07, 6.45) is 0. The summed E-state index contributed by atoms with van der Waals surface area (Å²) in [5.41, 5.74) is -0.363. The summed E-state index contributed by atoms with van der Waals surface area (Å²) in [7, 11) is 0. The summed E-state index contributed by atoms with van der Waals surface area (Å²) >= 11 is 1.41. The Labute approximate surface area is 121 Å². The standard InChI is InChI=1S/C15H16FNO2S/c1-10-5-6-12(16)11(8-10)14(18)17-9-15(2,19)13-4-3-7-20-13/h3-8,19H,9H2,1-2H3,(H,17,18). The minimum Gasteiger partial charge on any atom is -0.383 e. The van der Waals surface area contributed by atoms with E-state index >= 15 is 0 Å². The molecular weight excluding hydrogens is 277 g/mol. The van der Waals surface area contributed by atoms with Gasteiger partial charge in [-0.2, -0.15) is 0 Å². The lowest BCUT2D eigenvalue weighted by molar-refractivity contribution is 0.0555. The number of halogens is 1. The monoisotopic (exact) mass is 293 g/mol. The Morgan fingerprint density at radius 1 is 1.45 bits per heavy atom. The van der Waals surface area contributed by atoms with Crippen molar-refractivity contribution in [2.24, 2.45) is 0 Å². The fourth-order valence-corrected chi connectivity index (χ4v) is 2.62. The third-order valence-electron chi connectivity index (χ3n) is 3.01. The molecule has 0 aliphatic heterocycles. The van der Waals surface area contributed by atoms with Crippen LogP contribution in [0, 0.1) is 12.7 Å². The maximum absolute atomic E-state index is 13.6. The predicted octanol–water partition coefficient (Wildman–Crippen LogP) is 2.83. The Kier molecular flexibility index (Phi) is 4.20. The van der Waals surface area contributed by atoms with E-state index in [0.717, 1.165) is 10.4 Å². The number of rotatable bonds is 4. The van der Waals surface area contributed by atoms with Gasteiger partial charge in [-0.25, -0.2) is 4.39 Å². The molecule has 0 saturated heterocycles. The molecule has 2 rings (SSSR count). The molecular formula is C15H16FNO2S. The van der Waals surface area contributed by atoms with Gasteiger partial charge in [0.15, 0.2) is 0 Å². The van der Waals surface area contributed by atoms with Crippen LogP contribution in [0.2, 0.25) is 0 Å². The average Bonchev–Trinajstić information content (AvgIpc) is 2.93. The molecule has 1 aromatic heterocycles. The van der Waals surface area contributed by atoms with Gasteiger partial charge in [-0.3, -0.25) is 4.79 Å². The molecule has 0 aliphatic carbocycles. The fraction of sp³-hybridized carbons (Fsp3) is 0.267. The van der Waals surface area contributed by atoms with Crippen molar-refractivity contribution in [1.82, 2.24) is 5.32 Å². The molecule has 2 aromatic rings. The molecule has 1 unspecified atom stereocenters. The van der Waals surface area contributed by atoms with Gasteiger partial charge in [0, 0.05) is 4.88 Å². The summed E-state index contributed by atoms with van der Waals surface area (Å²) in [5.74, 6) is -1.09. The Morgan fingerprint density at radius 2 is 2.20 bits per heavy atom. The molecule has 1 amide bonds. The van der Waals surface area contributed by atoms with E-state index in [-0.39, 0.29) is 12.1 Å². The van der Waals surface area contributed by atoms with Crippen molar-refractivity contribution >= 4 is 17.2 Å². The highest BCUT2D eigenvalue weighted by Crippen LogP contribution is 2.24. The highest BCUT2D eigenvalue weighted by Gasteiger charge is 2.25. The molecule has 0 bridgehead atoms. The predicted molar refractivity (Wildman–Crippen MR) is 77.4 cm³/mol. The van der Waals surface area contributed by atoms with Crippen molar-refractivity contribution in [3.8, 4) is 0 Å². The second-order valence-corrected chi connectivity index (χ2v) is 5.86. The van der Waals surface area contributed by atoms with Gasteiger partial charge >= 0.3 is 0 Å². The maximum atomic E-state index is 13.6. The lowest BCUT2D eigenvalue weighted by Crippen LogP contribution is -2.38. The van der Waals surface area contributed by atoms with Crippen LogP contribution in [0.4, 0.5) is 4.39 Å². The van der Waals surface area contributed by atoms with Crippen molar-refractivity contribution in [2.45, 2.75) is 19.4 Å². The van der Waals surface area contributed by atoms with Gasteiger partial charge in [-0.1, -0.05) is 17.7 Å². The highest BCUT2D eigenvalue weighted by molar-refractivity contribution is 7.10. The zero-order valence-corrected chi connectivity index (χ0v) is 12.1. The average molecular weight is 293 g/mol. The lowest BCUT2D eigenvalue weighted by Gasteiger charge is -2.22. The van der Waals surface area contributed by atoms with Crippen molar-refractivity contribution in [2.75, 3.05) is 6.54 Å². The molecule has 3 nitrogen and oxygen atoms in total. The Balaban J connectivity index is 2.07. The molecule has 0 saturated carbocycles. The summed E-state index contributed by atoms with van der Waals surface area (Å²) in [6.45, 7) is 3.43. The molecule has 0 radical (unpaired) electrons. The highest BCUT2D eigenvalue weighted by atomic mass is 32.1. The van der Waals surface area contributed by atoms with Crippen LogP contribution in [-0.4, -0.2) is 17.6 Å². The fourth-order valence-electron chi connectivity index (χ4n) is 1.83. The van der Waals surface area contributed by atoms with Gasteiger partial charge in [0.25, 0.3) is 5.91 Å². The first-order valence-corrected chi connectivity index (χ1v) is 7.09. The van der Waals surface area contributed by atoms with Crippen molar-refractivity contribution in [3.05, 3.63) is 57.5 Å². The molecule has 1 heterocycles. The van der Waals surface area contributed by atoms with E-state index in [4.69, 9.17) is 0 Å². The third-order valence-corrected chi connectivity index (χ3v) is 4.13. The van der Waals surface area contributed by atoms with Crippen molar-refractivity contribution in [3.63, 3.8) is 0 Å². The zero-order chi connectivity index (χ0) is 14.8. The van der Waals surface area contributed by atoms with E-state index in [2.05, 4.69) is 5.32 Å². The van der Waals surface area contributed by atoms with Crippen molar-refractivity contribution in [1.29, 1.82) is 0 Å². The van der Waals surface area contributed by atoms with Crippen LogP contribution in [0.15, 0.2) is 35.7 Å². The Bertz CT molecular complexity index is 608. The number of hydrogen-bond donors (Lipinski definition) is 2. The van der Waals surface area contributed by atoms with Crippen LogP contribution >= 0.6 is 11.3 Å². The van der Waals surface area contributed by atoms with E-state index in [9.17, 15) is 14.3 Å². The quantitative estimate of drug-likeness (QED) is 0.910. The normalized spacial score (nSPS) is 13.8. The molecule has 20 heavy (non-hydrogen) atoms.